The molecule has 1 heterocycles. The fraction of sp³-hybridized carbons (Fsp3) is 0.667. The molecule has 1 rings (SSSR count). The van der Waals surface area contributed by atoms with Gasteiger partial charge < -0.3 is 15.4 Å². The van der Waals surface area contributed by atoms with E-state index in [0.29, 0.717) is 6.61 Å². The van der Waals surface area contributed by atoms with Crippen molar-refractivity contribution >= 4 is 11.6 Å². The monoisotopic (exact) mass is 238 g/mol. The average molecular weight is 238 g/mol. The van der Waals surface area contributed by atoms with E-state index in [1.54, 1.807) is 6.33 Å². The number of rotatable bonds is 8. The van der Waals surface area contributed by atoms with Crippen LogP contribution in [0.2, 0.25) is 0 Å². The largest absolute Gasteiger partial charge is 0.380 e. The van der Waals surface area contributed by atoms with Crippen LogP contribution in [0.1, 0.15) is 25.3 Å². The van der Waals surface area contributed by atoms with Crippen molar-refractivity contribution in [1.82, 2.24) is 9.97 Å². The van der Waals surface area contributed by atoms with Crippen LogP contribution in [0.15, 0.2) is 6.33 Å². The molecule has 5 heteroatoms. The van der Waals surface area contributed by atoms with Crippen LogP contribution >= 0.6 is 0 Å². The van der Waals surface area contributed by atoms with E-state index in [1.165, 1.54) is 6.42 Å². The van der Waals surface area contributed by atoms with E-state index in [1.807, 2.05) is 14.0 Å². The van der Waals surface area contributed by atoms with Crippen LogP contribution in [-0.4, -0.2) is 36.8 Å². The zero-order valence-corrected chi connectivity index (χ0v) is 10.9. The summed E-state index contributed by atoms with van der Waals surface area (Å²) < 4.78 is 5.47. The van der Waals surface area contributed by atoms with Gasteiger partial charge in [0.1, 0.15) is 18.0 Å². The number of hydrogen-bond donors (Lipinski definition) is 2. The summed E-state index contributed by atoms with van der Waals surface area (Å²) in [5.74, 6) is 1.72. The topological polar surface area (TPSA) is 59.1 Å². The van der Waals surface area contributed by atoms with E-state index >= 15 is 0 Å². The zero-order chi connectivity index (χ0) is 12.5. The highest BCUT2D eigenvalue weighted by Gasteiger charge is 2.04. The third-order valence-electron chi connectivity index (χ3n) is 2.50. The number of unbranched alkanes of at least 4 members (excludes halogenated alkanes) is 1. The molecule has 1 aromatic rings. The Morgan fingerprint density at radius 2 is 2.00 bits per heavy atom. The van der Waals surface area contributed by atoms with Crippen molar-refractivity contribution in [2.24, 2.45) is 0 Å². The summed E-state index contributed by atoms with van der Waals surface area (Å²) in [6, 6.07) is 0. The second-order valence-electron chi connectivity index (χ2n) is 3.84. The second kappa shape index (κ2) is 7.84. The van der Waals surface area contributed by atoms with Gasteiger partial charge in [0.25, 0.3) is 0 Å². The van der Waals surface area contributed by atoms with Gasteiger partial charge in [0.2, 0.25) is 0 Å². The van der Waals surface area contributed by atoms with Crippen molar-refractivity contribution in [2.75, 3.05) is 37.4 Å². The number of ether oxygens (including phenoxy) is 1. The Balaban J connectivity index is 2.31. The Morgan fingerprint density at radius 3 is 2.71 bits per heavy atom. The van der Waals surface area contributed by atoms with Crippen molar-refractivity contribution in [1.29, 1.82) is 0 Å². The van der Waals surface area contributed by atoms with Crippen LogP contribution < -0.4 is 10.6 Å². The Kier molecular flexibility index (Phi) is 6.32. The first-order valence-electron chi connectivity index (χ1n) is 6.10. The van der Waals surface area contributed by atoms with Crippen LogP contribution in [0, 0.1) is 6.92 Å². The molecule has 5 nitrogen and oxygen atoms in total. The lowest BCUT2D eigenvalue weighted by Gasteiger charge is -2.11. The minimum absolute atomic E-state index is 0.707. The normalized spacial score (nSPS) is 10.3. The van der Waals surface area contributed by atoms with Crippen molar-refractivity contribution in [3.05, 3.63) is 11.9 Å². The lowest BCUT2D eigenvalue weighted by atomic mass is 10.3. The van der Waals surface area contributed by atoms with E-state index in [9.17, 15) is 0 Å². The maximum absolute atomic E-state index is 5.47. The number of nitrogens with zero attached hydrogens (tertiary/aromatic N) is 2. The number of anilines is 2. The van der Waals surface area contributed by atoms with Gasteiger partial charge in [0, 0.05) is 25.8 Å². The van der Waals surface area contributed by atoms with Crippen molar-refractivity contribution in [3.63, 3.8) is 0 Å². The molecule has 0 spiro atoms. The predicted molar refractivity (Wildman–Crippen MR) is 70.5 cm³/mol. The zero-order valence-electron chi connectivity index (χ0n) is 10.9. The molecule has 2 N–H and O–H groups in total. The average Bonchev–Trinajstić information content (AvgIpc) is 2.35. The molecule has 17 heavy (non-hydrogen) atoms. The highest BCUT2D eigenvalue weighted by Crippen LogP contribution is 2.16. The van der Waals surface area contributed by atoms with Gasteiger partial charge in [-0.05, 0) is 13.3 Å². The van der Waals surface area contributed by atoms with Gasteiger partial charge in [0.15, 0.2) is 0 Å². The first kappa shape index (κ1) is 13.7. The summed E-state index contributed by atoms with van der Waals surface area (Å²) in [6.45, 7) is 6.46. The van der Waals surface area contributed by atoms with Crippen LogP contribution in [0.5, 0.6) is 0 Å². The van der Waals surface area contributed by atoms with Crippen molar-refractivity contribution < 1.29 is 4.74 Å². The molecule has 0 aliphatic heterocycles. The van der Waals surface area contributed by atoms with Gasteiger partial charge in [-0.25, -0.2) is 9.97 Å². The van der Waals surface area contributed by atoms with Crippen LogP contribution in [0.3, 0.4) is 0 Å². The lowest BCUT2D eigenvalue weighted by Crippen LogP contribution is -2.12. The molecular formula is C12H22N4O. The van der Waals surface area contributed by atoms with Gasteiger partial charge in [0.05, 0.1) is 6.61 Å². The third-order valence-corrected chi connectivity index (χ3v) is 2.50. The molecule has 0 saturated carbocycles. The molecule has 0 fully saturated rings. The Morgan fingerprint density at radius 1 is 1.24 bits per heavy atom. The van der Waals surface area contributed by atoms with E-state index in [0.717, 1.165) is 36.8 Å². The number of aromatic nitrogens is 2. The van der Waals surface area contributed by atoms with Gasteiger partial charge in [-0.3, -0.25) is 0 Å². The minimum Gasteiger partial charge on any atom is -0.380 e. The quantitative estimate of drug-likeness (QED) is 0.679. The highest BCUT2D eigenvalue weighted by molar-refractivity contribution is 5.55. The Hall–Kier alpha value is -1.36. The summed E-state index contributed by atoms with van der Waals surface area (Å²) in [7, 11) is 1.85. The standard InChI is InChI=1S/C12H22N4O/c1-4-5-7-17-8-6-14-12-10(2)11(13-3)15-9-16-12/h9H,4-8H2,1-3H3,(H2,13,14,15,16). The van der Waals surface area contributed by atoms with Crippen LogP contribution in [0.4, 0.5) is 11.6 Å². The maximum atomic E-state index is 5.47. The Bertz CT molecular complexity index is 330. The first-order valence-corrected chi connectivity index (χ1v) is 6.10. The van der Waals surface area contributed by atoms with Gasteiger partial charge in [-0.1, -0.05) is 13.3 Å². The SMILES string of the molecule is CCCCOCCNc1ncnc(NC)c1C. The smallest absolute Gasteiger partial charge is 0.134 e. The molecule has 0 unspecified atom stereocenters. The predicted octanol–water partition coefficient (Wildman–Crippen LogP) is 2.06. The van der Waals surface area contributed by atoms with Crippen LogP contribution in [0.25, 0.3) is 0 Å². The molecule has 0 aliphatic carbocycles. The molecule has 0 saturated heterocycles. The second-order valence-corrected chi connectivity index (χ2v) is 3.84. The summed E-state index contributed by atoms with van der Waals surface area (Å²) in [4.78, 5) is 8.34. The summed E-state index contributed by atoms with van der Waals surface area (Å²) >= 11 is 0. The molecule has 96 valence electrons. The van der Waals surface area contributed by atoms with Gasteiger partial charge in [-0.15, -0.1) is 0 Å². The summed E-state index contributed by atoms with van der Waals surface area (Å²) in [5, 5.41) is 6.28. The lowest BCUT2D eigenvalue weighted by molar-refractivity contribution is 0.141. The molecule has 0 radical (unpaired) electrons. The molecule has 0 bridgehead atoms. The molecule has 0 atom stereocenters. The molecule has 0 aliphatic rings. The van der Waals surface area contributed by atoms with Crippen molar-refractivity contribution in [2.45, 2.75) is 26.7 Å². The maximum Gasteiger partial charge on any atom is 0.134 e. The molecule has 0 amide bonds. The first-order chi connectivity index (χ1) is 8.29. The van der Waals surface area contributed by atoms with Gasteiger partial charge in [-0.2, -0.15) is 0 Å². The fourth-order valence-corrected chi connectivity index (χ4v) is 1.47. The van der Waals surface area contributed by atoms with Crippen molar-refractivity contribution in [3.8, 4) is 0 Å². The highest BCUT2D eigenvalue weighted by atomic mass is 16.5. The molecule has 1 aromatic heterocycles. The number of nitrogens with one attached hydrogen (secondary N) is 2. The fourth-order valence-electron chi connectivity index (χ4n) is 1.47. The third kappa shape index (κ3) is 4.56. The van der Waals surface area contributed by atoms with E-state index in [2.05, 4.69) is 27.5 Å². The van der Waals surface area contributed by atoms with E-state index < -0.39 is 0 Å². The molecule has 0 aromatic carbocycles. The summed E-state index contributed by atoms with van der Waals surface area (Å²) in [5.41, 5.74) is 1.03. The van der Waals surface area contributed by atoms with Crippen LogP contribution in [-0.2, 0) is 4.74 Å². The van der Waals surface area contributed by atoms with Gasteiger partial charge >= 0.3 is 0 Å². The molecular weight excluding hydrogens is 216 g/mol. The van der Waals surface area contributed by atoms with E-state index in [-0.39, 0.29) is 0 Å². The van der Waals surface area contributed by atoms with E-state index in [4.69, 9.17) is 4.74 Å². The number of hydrogen-bond acceptors (Lipinski definition) is 5. The minimum atomic E-state index is 0.707. The Labute approximate surface area is 103 Å². The summed E-state index contributed by atoms with van der Waals surface area (Å²) in [6.07, 6.45) is 3.85.